The Morgan fingerprint density at radius 2 is 1.93 bits per heavy atom. The van der Waals surface area contributed by atoms with E-state index in [2.05, 4.69) is 39.9 Å². The quantitative estimate of drug-likeness (QED) is 0.234. The molecule has 29 heavy (non-hydrogen) atoms. The molecule has 2 fully saturated rings. The summed E-state index contributed by atoms with van der Waals surface area (Å²) < 4.78 is 0. The van der Waals surface area contributed by atoms with Crippen LogP contribution in [0.3, 0.4) is 0 Å². The number of rotatable bonds is 8. The van der Waals surface area contributed by atoms with Gasteiger partial charge in [0.1, 0.15) is 0 Å². The van der Waals surface area contributed by atoms with Gasteiger partial charge in [-0.1, -0.05) is 56.4 Å². The Labute approximate surface area is 193 Å². The topological polar surface area (TPSA) is 56.7 Å². The summed E-state index contributed by atoms with van der Waals surface area (Å²) in [6.07, 6.45) is 11.4. The SMILES string of the molecule is CN=C(NCCCC1CCCCC1)NCc1cccc(CN2CCCC2=O)c1.I. The van der Waals surface area contributed by atoms with E-state index in [1.54, 1.807) is 0 Å². The van der Waals surface area contributed by atoms with E-state index in [-0.39, 0.29) is 29.9 Å². The van der Waals surface area contributed by atoms with Crippen molar-refractivity contribution in [2.24, 2.45) is 10.9 Å². The molecule has 0 aromatic heterocycles. The Morgan fingerprint density at radius 3 is 2.66 bits per heavy atom. The molecule has 162 valence electrons. The number of nitrogens with one attached hydrogen (secondary N) is 2. The minimum Gasteiger partial charge on any atom is -0.356 e. The van der Waals surface area contributed by atoms with Crippen LogP contribution in [-0.4, -0.2) is 36.9 Å². The Morgan fingerprint density at radius 1 is 1.14 bits per heavy atom. The van der Waals surface area contributed by atoms with Crippen molar-refractivity contribution in [1.82, 2.24) is 15.5 Å². The van der Waals surface area contributed by atoms with Gasteiger partial charge in [0.05, 0.1) is 0 Å². The zero-order valence-electron chi connectivity index (χ0n) is 17.8. The maximum Gasteiger partial charge on any atom is 0.222 e. The summed E-state index contributed by atoms with van der Waals surface area (Å²) in [5.41, 5.74) is 2.42. The maximum atomic E-state index is 11.8. The number of nitrogens with zero attached hydrogens (tertiary/aromatic N) is 2. The highest BCUT2D eigenvalue weighted by Gasteiger charge is 2.19. The number of likely N-dealkylation sites (tertiary alicyclic amines) is 1. The van der Waals surface area contributed by atoms with Crippen LogP contribution in [0.1, 0.15) is 68.9 Å². The van der Waals surface area contributed by atoms with E-state index >= 15 is 0 Å². The first-order valence-electron chi connectivity index (χ1n) is 11.0. The molecule has 0 bridgehead atoms. The van der Waals surface area contributed by atoms with Crippen molar-refractivity contribution in [2.75, 3.05) is 20.1 Å². The second-order valence-corrected chi connectivity index (χ2v) is 8.24. The fraction of sp³-hybridized carbons (Fsp3) is 0.652. The highest BCUT2D eigenvalue weighted by Crippen LogP contribution is 2.26. The van der Waals surface area contributed by atoms with Crippen LogP contribution in [-0.2, 0) is 17.9 Å². The molecule has 1 aromatic rings. The van der Waals surface area contributed by atoms with E-state index in [0.717, 1.165) is 44.5 Å². The van der Waals surface area contributed by atoms with Crippen molar-refractivity contribution in [3.8, 4) is 0 Å². The van der Waals surface area contributed by atoms with E-state index in [1.807, 2.05) is 11.9 Å². The molecule has 1 amide bonds. The lowest BCUT2D eigenvalue weighted by Gasteiger charge is -2.21. The van der Waals surface area contributed by atoms with Crippen LogP contribution in [0.5, 0.6) is 0 Å². The van der Waals surface area contributed by atoms with Gasteiger partial charge in [0.15, 0.2) is 5.96 Å². The number of carbonyl (C=O) groups is 1. The number of benzene rings is 1. The molecule has 0 spiro atoms. The predicted octanol–water partition coefficient (Wildman–Crippen LogP) is 4.45. The molecular formula is C23H37IN4O. The summed E-state index contributed by atoms with van der Waals surface area (Å²) >= 11 is 0. The van der Waals surface area contributed by atoms with E-state index in [9.17, 15) is 4.79 Å². The lowest BCUT2D eigenvalue weighted by Crippen LogP contribution is -2.37. The van der Waals surface area contributed by atoms with E-state index in [0.29, 0.717) is 6.42 Å². The summed E-state index contributed by atoms with van der Waals surface area (Å²) in [6, 6.07) is 8.49. The summed E-state index contributed by atoms with van der Waals surface area (Å²) in [4.78, 5) is 18.1. The fourth-order valence-corrected chi connectivity index (χ4v) is 4.41. The second kappa shape index (κ2) is 13.1. The van der Waals surface area contributed by atoms with Crippen LogP contribution in [0, 0.1) is 5.92 Å². The number of amides is 1. The third kappa shape index (κ3) is 8.15. The van der Waals surface area contributed by atoms with Crippen molar-refractivity contribution in [3.05, 3.63) is 35.4 Å². The van der Waals surface area contributed by atoms with Crippen LogP contribution in [0.4, 0.5) is 0 Å². The highest BCUT2D eigenvalue weighted by molar-refractivity contribution is 14.0. The third-order valence-corrected chi connectivity index (χ3v) is 6.03. The fourth-order valence-electron chi connectivity index (χ4n) is 4.41. The lowest BCUT2D eigenvalue weighted by molar-refractivity contribution is -0.128. The van der Waals surface area contributed by atoms with E-state index in [4.69, 9.17) is 0 Å². The van der Waals surface area contributed by atoms with Crippen LogP contribution in [0.2, 0.25) is 0 Å². The standard InChI is InChI=1S/C23H36N4O.HI/c1-24-23(25-14-6-12-19-8-3-2-4-9-19)26-17-20-10-5-11-21(16-20)18-27-15-7-13-22(27)28;/h5,10-11,16,19H,2-4,6-9,12-15,17-18H2,1H3,(H2,24,25,26);1H. The van der Waals surface area contributed by atoms with Gasteiger partial charge in [-0.25, -0.2) is 0 Å². The van der Waals surface area contributed by atoms with Crippen LogP contribution in [0.25, 0.3) is 0 Å². The summed E-state index contributed by atoms with van der Waals surface area (Å²) in [6.45, 7) is 3.33. The molecule has 2 aliphatic rings. The molecular weight excluding hydrogens is 475 g/mol. The molecule has 2 N–H and O–H groups in total. The van der Waals surface area contributed by atoms with Gasteiger partial charge in [0.2, 0.25) is 5.91 Å². The molecule has 5 nitrogen and oxygen atoms in total. The molecule has 1 aliphatic heterocycles. The largest absolute Gasteiger partial charge is 0.356 e. The first kappa shape index (κ1) is 24.0. The number of guanidine groups is 1. The minimum atomic E-state index is 0. The Kier molecular flexibility index (Phi) is 10.8. The predicted molar refractivity (Wildman–Crippen MR) is 131 cm³/mol. The average molecular weight is 512 g/mol. The van der Waals surface area contributed by atoms with E-state index < -0.39 is 0 Å². The van der Waals surface area contributed by atoms with Crippen LogP contribution >= 0.6 is 24.0 Å². The number of hydrogen-bond acceptors (Lipinski definition) is 2. The molecule has 3 rings (SSSR count). The van der Waals surface area contributed by atoms with Crippen molar-refractivity contribution in [3.63, 3.8) is 0 Å². The molecule has 1 saturated heterocycles. The minimum absolute atomic E-state index is 0. The van der Waals surface area contributed by atoms with Crippen LogP contribution < -0.4 is 10.6 Å². The molecule has 1 aliphatic carbocycles. The Bertz CT molecular complexity index is 658. The van der Waals surface area contributed by atoms with Crippen molar-refractivity contribution < 1.29 is 4.79 Å². The molecule has 1 aromatic carbocycles. The maximum absolute atomic E-state index is 11.8. The zero-order valence-corrected chi connectivity index (χ0v) is 20.1. The zero-order chi connectivity index (χ0) is 19.6. The Balaban J connectivity index is 0.00000300. The van der Waals surface area contributed by atoms with Gasteiger partial charge in [-0.15, -0.1) is 24.0 Å². The summed E-state index contributed by atoms with van der Waals surface area (Å²) in [5, 5.41) is 6.86. The van der Waals surface area contributed by atoms with Gasteiger partial charge in [-0.2, -0.15) is 0 Å². The molecule has 0 atom stereocenters. The molecule has 6 heteroatoms. The molecule has 0 unspecified atom stereocenters. The molecule has 1 heterocycles. The van der Waals surface area contributed by atoms with Gasteiger partial charge in [-0.05, 0) is 36.3 Å². The van der Waals surface area contributed by atoms with Gasteiger partial charge < -0.3 is 15.5 Å². The summed E-state index contributed by atoms with van der Waals surface area (Å²) in [7, 11) is 1.83. The smallest absolute Gasteiger partial charge is 0.222 e. The Hall–Kier alpha value is -1.31. The van der Waals surface area contributed by atoms with E-state index in [1.165, 1.54) is 56.1 Å². The third-order valence-electron chi connectivity index (χ3n) is 6.03. The van der Waals surface area contributed by atoms with Crippen LogP contribution in [0.15, 0.2) is 29.3 Å². The van der Waals surface area contributed by atoms with Gasteiger partial charge in [0, 0.05) is 39.6 Å². The van der Waals surface area contributed by atoms with Crippen molar-refractivity contribution >= 4 is 35.8 Å². The highest BCUT2D eigenvalue weighted by atomic mass is 127. The summed E-state index contributed by atoms with van der Waals surface area (Å²) in [5.74, 6) is 2.08. The van der Waals surface area contributed by atoms with Gasteiger partial charge in [-0.3, -0.25) is 9.79 Å². The van der Waals surface area contributed by atoms with Crippen molar-refractivity contribution in [2.45, 2.75) is 70.9 Å². The molecule has 0 radical (unpaired) electrons. The van der Waals surface area contributed by atoms with Crippen molar-refractivity contribution in [1.29, 1.82) is 0 Å². The molecule has 1 saturated carbocycles. The lowest BCUT2D eigenvalue weighted by atomic mass is 9.86. The average Bonchev–Trinajstić information content (AvgIpc) is 3.13. The number of halogens is 1. The first-order chi connectivity index (χ1) is 13.7. The number of carbonyl (C=O) groups excluding carboxylic acids is 1. The van der Waals surface area contributed by atoms with Gasteiger partial charge in [0.25, 0.3) is 0 Å². The second-order valence-electron chi connectivity index (χ2n) is 8.24. The number of aliphatic imine (C=N–C) groups is 1. The normalized spacial score (nSPS) is 17.9. The monoisotopic (exact) mass is 512 g/mol. The number of hydrogen-bond donors (Lipinski definition) is 2. The first-order valence-corrected chi connectivity index (χ1v) is 11.0. The van der Waals surface area contributed by atoms with Gasteiger partial charge >= 0.3 is 0 Å².